The van der Waals surface area contributed by atoms with E-state index in [1.54, 1.807) is 29.5 Å². The van der Waals surface area contributed by atoms with E-state index in [-0.39, 0.29) is 18.4 Å². The van der Waals surface area contributed by atoms with Crippen LogP contribution < -0.4 is 15.5 Å². The molecule has 2 aromatic rings. The van der Waals surface area contributed by atoms with Gasteiger partial charge in [-0.3, -0.25) is 9.59 Å². The van der Waals surface area contributed by atoms with Crippen molar-refractivity contribution in [1.82, 2.24) is 5.32 Å². The maximum absolute atomic E-state index is 12.0. The second-order valence-corrected chi connectivity index (χ2v) is 8.30. The third-order valence-electron chi connectivity index (χ3n) is 3.59. The average molecular weight is 441 g/mol. The molecule has 0 radical (unpaired) electrons. The number of anilines is 2. The number of amides is 2. The van der Waals surface area contributed by atoms with Crippen LogP contribution in [0, 0.1) is 0 Å². The molecule has 0 spiro atoms. The molecule has 0 bridgehead atoms. The molecule has 1 aromatic carbocycles. The van der Waals surface area contributed by atoms with Gasteiger partial charge in [-0.15, -0.1) is 11.3 Å². The lowest BCUT2D eigenvalue weighted by Crippen LogP contribution is -2.47. The molecule has 1 fully saturated rings. The molecule has 5 nitrogen and oxygen atoms in total. The molecule has 0 saturated carbocycles. The van der Waals surface area contributed by atoms with Crippen LogP contribution in [0.25, 0.3) is 6.08 Å². The maximum atomic E-state index is 12.0. The van der Waals surface area contributed by atoms with Gasteiger partial charge in [-0.2, -0.15) is 0 Å². The first-order chi connectivity index (χ1) is 12.0. The van der Waals surface area contributed by atoms with Crippen LogP contribution in [0.1, 0.15) is 4.88 Å². The van der Waals surface area contributed by atoms with Gasteiger partial charge in [0.15, 0.2) is 0 Å². The maximum Gasteiger partial charge on any atom is 0.248 e. The normalized spacial score (nSPS) is 14.6. The summed E-state index contributed by atoms with van der Waals surface area (Å²) in [5.41, 5.74) is 1.39. The zero-order valence-electron chi connectivity index (χ0n) is 13.1. The number of carbonyl (C=O) groups is 2. The molecule has 2 amide bonds. The minimum Gasteiger partial charge on any atom is -0.359 e. The Morgan fingerprint density at radius 2 is 2.20 bits per heavy atom. The van der Waals surface area contributed by atoms with Gasteiger partial charge in [0, 0.05) is 29.7 Å². The van der Waals surface area contributed by atoms with Crippen LogP contribution in [0.2, 0.25) is 5.02 Å². The number of nitrogens with one attached hydrogen (secondary N) is 2. The van der Waals surface area contributed by atoms with E-state index in [1.807, 2.05) is 23.1 Å². The summed E-state index contributed by atoms with van der Waals surface area (Å²) in [5.74, 6) is -0.254. The Morgan fingerprint density at radius 1 is 1.36 bits per heavy atom. The molecule has 2 N–H and O–H groups in total. The Hall–Kier alpha value is -1.83. The summed E-state index contributed by atoms with van der Waals surface area (Å²) in [6.07, 6.45) is 3.24. The first-order valence-electron chi connectivity index (χ1n) is 7.57. The van der Waals surface area contributed by atoms with E-state index in [2.05, 4.69) is 26.6 Å². The van der Waals surface area contributed by atoms with Crippen LogP contribution in [0.15, 0.2) is 40.2 Å². The van der Waals surface area contributed by atoms with Gasteiger partial charge in [-0.05, 0) is 52.3 Å². The lowest BCUT2D eigenvalue weighted by molar-refractivity contribution is -0.120. The summed E-state index contributed by atoms with van der Waals surface area (Å²) in [7, 11) is 0. The summed E-state index contributed by atoms with van der Waals surface area (Å²) in [5, 5.41) is 6.06. The number of thiophene rings is 1. The first-order valence-corrected chi connectivity index (χ1v) is 9.55. The fourth-order valence-electron chi connectivity index (χ4n) is 2.44. The zero-order chi connectivity index (χ0) is 17.8. The number of hydrogen-bond acceptors (Lipinski definition) is 4. The Labute approximate surface area is 162 Å². The van der Waals surface area contributed by atoms with Crippen LogP contribution in [0.4, 0.5) is 11.4 Å². The summed E-state index contributed by atoms with van der Waals surface area (Å²) >= 11 is 11.3. The number of benzene rings is 1. The molecule has 1 aromatic heterocycles. The van der Waals surface area contributed by atoms with Crippen LogP contribution in [-0.4, -0.2) is 31.4 Å². The van der Waals surface area contributed by atoms with Gasteiger partial charge >= 0.3 is 0 Å². The highest BCUT2D eigenvalue weighted by molar-refractivity contribution is 9.11. The van der Waals surface area contributed by atoms with E-state index in [4.69, 9.17) is 11.6 Å². The number of hydrogen-bond donors (Lipinski definition) is 2. The minimum atomic E-state index is -0.231. The largest absolute Gasteiger partial charge is 0.359 e. The predicted octanol–water partition coefficient (Wildman–Crippen LogP) is 3.75. The molecule has 0 unspecified atom stereocenters. The van der Waals surface area contributed by atoms with Crippen LogP contribution >= 0.6 is 38.9 Å². The molecular formula is C17H15BrClN3O2S. The second-order valence-electron chi connectivity index (χ2n) is 5.40. The van der Waals surface area contributed by atoms with Crippen LogP contribution in [0.5, 0.6) is 0 Å². The van der Waals surface area contributed by atoms with Crippen molar-refractivity contribution in [3.8, 4) is 0 Å². The molecule has 1 aliphatic rings. The Bertz CT molecular complexity index is 837. The Morgan fingerprint density at radius 3 is 2.88 bits per heavy atom. The van der Waals surface area contributed by atoms with Gasteiger partial charge in [0.2, 0.25) is 11.8 Å². The van der Waals surface area contributed by atoms with Gasteiger partial charge in [-0.25, -0.2) is 0 Å². The van der Waals surface area contributed by atoms with Crippen LogP contribution in [-0.2, 0) is 9.59 Å². The van der Waals surface area contributed by atoms with Gasteiger partial charge < -0.3 is 15.5 Å². The van der Waals surface area contributed by atoms with E-state index in [0.717, 1.165) is 14.4 Å². The first kappa shape index (κ1) is 18.0. The number of nitrogens with zero attached hydrogens (tertiary/aromatic N) is 1. The molecule has 130 valence electrons. The number of carbonyl (C=O) groups excluding carboxylic acids is 2. The molecule has 0 atom stereocenters. The standard InChI is InChI=1S/C17H15BrClN3O2S/c18-15-5-2-12(25-15)3-6-16(23)21-11-1-4-14(13(19)9-11)22-8-7-20-17(24)10-22/h1-6,9H,7-8,10H2,(H,20,24)(H,21,23)/b6-3+. The zero-order valence-corrected chi connectivity index (χ0v) is 16.2. The third-order valence-corrected chi connectivity index (χ3v) is 5.48. The van der Waals surface area contributed by atoms with Crippen molar-refractivity contribution in [2.75, 3.05) is 29.9 Å². The van der Waals surface area contributed by atoms with Gasteiger partial charge in [0.25, 0.3) is 0 Å². The van der Waals surface area contributed by atoms with Crippen molar-refractivity contribution in [1.29, 1.82) is 0 Å². The van der Waals surface area contributed by atoms with Crippen molar-refractivity contribution in [3.63, 3.8) is 0 Å². The fraction of sp³-hybridized carbons (Fsp3) is 0.176. The van der Waals surface area contributed by atoms with Crippen molar-refractivity contribution >= 4 is 68.1 Å². The minimum absolute atomic E-state index is 0.0231. The second kappa shape index (κ2) is 8.03. The summed E-state index contributed by atoms with van der Waals surface area (Å²) in [6, 6.07) is 9.15. The Kier molecular flexibility index (Phi) is 5.78. The van der Waals surface area contributed by atoms with Crippen molar-refractivity contribution < 1.29 is 9.59 Å². The summed E-state index contributed by atoms with van der Waals surface area (Å²) in [6.45, 7) is 1.58. The number of piperazine rings is 1. The molecule has 2 heterocycles. The topological polar surface area (TPSA) is 61.4 Å². The molecule has 25 heavy (non-hydrogen) atoms. The fourth-order valence-corrected chi connectivity index (χ4v) is 4.07. The Balaban J connectivity index is 1.65. The molecule has 8 heteroatoms. The van der Waals surface area contributed by atoms with Gasteiger partial charge in [0.1, 0.15) is 0 Å². The summed E-state index contributed by atoms with van der Waals surface area (Å²) < 4.78 is 1.02. The van der Waals surface area contributed by atoms with E-state index in [1.165, 1.54) is 6.08 Å². The highest BCUT2D eigenvalue weighted by Crippen LogP contribution is 2.29. The van der Waals surface area contributed by atoms with E-state index in [0.29, 0.717) is 23.8 Å². The lowest BCUT2D eigenvalue weighted by Gasteiger charge is -2.29. The van der Waals surface area contributed by atoms with Crippen molar-refractivity contribution in [2.45, 2.75) is 0 Å². The number of rotatable bonds is 4. The highest BCUT2D eigenvalue weighted by atomic mass is 79.9. The quantitative estimate of drug-likeness (QED) is 0.712. The third kappa shape index (κ3) is 4.84. The monoisotopic (exact) mass is 439 g/mol. The SMILES string of the molecule is O=C(/C=C/c1ccc(Br)s1)Nc1ccc(N2CCNC(=O)C2)c(Cl)c1. The van der Waals surface area contributed by atoms with E-state index < -0.39 is 0 Å². The highest BCUT2D eigenvalue weighted by Gasteiger charge is 2.18. The van der Waals surface area contributed by atoms with Gasteiger partial charge in [0.05, 0.1) is 21.0 Å². The molecular weight excluding hydrogens is 426 g/mol. The van der Waals surface area contributed by atoms with Crippen molar-refractivity contribution in [2.24, 2.45) is 0 Å². The van der Waals surface area contributed by atoms with Crippen LogP contribution in [0.3, 0.4) is 0 Å². The average Bonchev–Trinajstić information content (AvgIpc) is 2.98. The summed E-state index contributed by atoms with van der Waals surface area (Å²) in [4.78, 5) is 26.4. The predicted molar refractivity (Wildman–Crippen MR) is 106 cm³/mol. The number of halogens is 2. The van der Waals surface area contributed by atoms with Crippen molar-refractivity contribution in [3.05, 3.63) is 50.1 Å². The molecule has 3 rings (SSSR count). The molecule has 1 aliphatic heterocycles. The van der Waals surface area contributed by atoms with Gasteiger partial charge in [-0.1, -0.05) is 11.6 Å². The molecule has 1 saturated heterocycles. The van der Waals surface area contributed by atoms with E-state index >= 15 is 0 Å². The molecule has 0 aliphatic carbocycles. The smallest absolute Gasteiger partial charge is 0.248 e. The van der Waals surface area contributed by atoms with E-state index in [9.17, 15) is 9.59 Å². The lowest BCUT2D eigenvalue weighted by atomic mass is 10.2.